The molecule has 0 aromatic heterocycles. The van der Waals surface area contributed by atoms with E-state index in [-0.39, 0.29) is 12.4 Å². The second kappa shape index (κ2) is 10.1. The Hall–Kier alpha value is -2.14. The van der Waals surface area contributed by atoms with Crippen LogP contribution in [0.1, 0.15) is 18.1 Å². The van der Waals surface area contributed by atoms with Crippen molar-refractivity contribution in [1.29, 1.82) is 0 Å². The van der Waals surface area contributed by atoms with Crippen LogP contribution in [0.25, 0.3) is 0 Å². The highest BCUT2D eigenvalue weighted by atomic mass is 35.5. The second-order valence-corrected chi connectivity index (χ2v) is 7.47. The first-order chi connectivity index (χ1) is 14.0. The Morgan fingerprint density at radius 1 is 0.862 bits per heavy atom. The number of nitrogens with one attached hydrogen (secondary N) is 1. The van der Waals surface area contributed by atoms with Gasteiger partial charge in [0.15, 0.2) is 11.5 Å². The molecule has 0 unspecified atom stereocenters. The molecule has 0 aliphatic rings. The summed E-state index contributed by atoms with van der Waals surface area (Å²) in [5.74, 6) is 0.819. The average Bonchev–Trinajstić information content (AvgIpc) is 2.68. The third kappa shape index (κ3) is 5.92. The van der Waals surface area contributed by atoms with Crippen molar-refractivity contribution in [2.24, 2.45) is 0 Å². The summed E-state index contributed by atoms with van der Waals surface area (Å²) in [5.41, 5.74) is 2.48. The van der Waals surface area contributed by atoms with E-state index in [1.165, 1.54) is 12.1 Å². The van der Waals surface area contributed by atoms with Crippen molar-refractivity contribution >= 4 is 40.5 Å². The van der Waals surface area contributed by atoms with Crippen molar-refractivity contribution in [3.63, 3.8) is 0 Å². The van der Waals surface area contributed by atoms with Crippen molar-refractivity contribution < 1.29 is 13.9 Å². The molecule has 1 N–H and O–H groups in total. The minimum absolute atomic E-state index is 0.206. The SMILES string of the molecule is CCOc1cc(CNc2ccc(Cl)cc2Cl)ccc1OCc1ccc(F)cc1Cl. The number of hydrogen-bond acceptors (Lipinski definition) is 3. The molecule has 0 radical (unpaired) electrons. The van der Waals surface area contributed by atoms with Crippen LogP contribution < -0.4 is 14.8 Å². The minimum atomic E-state index is -0.383. The summed E-state index contributed by atoms with van der Waals surface area (Å²) in [6.45, 7) is 3.15. The van der Waals surface area contributed by atoms with Crippen LogP contribution in [-0.2, 0) is 13.2 Å². The van der Waals surface area contributed by atoms with E-state index in [4.69, 9.17) is 44.3 Å². The van der Waals surface area contributed by atoms with Crippen LogP contribution in [0.4, 0.5) is 10.1 Å². The standard InChI is InChI=1S/C22H19Cl3FNO2/c1-2-28-22-9-14(12-27-20-7-5-16(23)10-19(20)25)3-8-21(22)29-13-15-4-6-17(26)11-18(15)24/h3-11,27H,2,12-13H2,1H3. The second-order valence-electron chi connectivity index (χ2n) is 6.22. The van der Waals surface area contributed by atoms with Gasteiger partial charge >= 0.3 is 0 Å². The molecule has 0 saturated heterocycles. The van der Waals surface area contributed by atoms with Gasteiger partial charge in [-0.05, 0) is 55.0 Å². The molecule has 3 aromatic carbocycles. The fourth-order valence-corrected chi connectivity index (χ4v) is 3.37. The summed E-state index contributed by atoms with van der Waals surface area (Å²) in [6, 6.07) is 15.2. The van der Waals surface area contributed by atoms with E-state index >= 15 is 0 Å². The normalized spacial score (nSPS) is 10.7. The monoisotopic (exact) mass is 453 g/mol. The first-order valence-electron chi connectivity index (χ1n) is 8.97. The zero-order valence-corrected chi connectivity index (χ0v) is 17.9. The van der Waals surface area contributed by atoms with Crippen LogP contribution >= 0.6 is 34.8 Å². The summed E-state index contributed by atoms with van der Waals surface area (Å²) >= 11 is 18.2. The summed E-state index contributed by atoms with van der Waals surface area (Å²) in [7, 11) is 0. The molecule has 0 atom stereocenters. The van der Waals surface area contributed by atoms with Gasteiger partial charge in [0.25, 0.3) is 0 Å². The van der Waals surface area contributed by atoms with E-state index in [9.17, 15) is 4.39 Å². The topological polar surface area (TPSA) is 30.5 Å². The highest BCUT2D eigenvalue weighted by Crippen LogP contribution is 2.31. The van der Waals surface area contributed by atoms with Crippen molar-refractivity contribution in [2.75, 3.05) is 11.9 Å². The highest BCUT2D eigenvalue weighted by molar-refractivity contribution is 6.36. The third-order valence-corrected chi connectivity index (χ3v) is 5.02. The molecular weight excluding hydrogens is 436 g/mol. The van der Waals surface area contributed by atoms with E-state index in [1.54, 1.807) is 18.2 Å². The number of halogens is 4. The number of rotatable bonds is 8. The largest absolute Gasteiger partial charge is 0.490 e. The van der Waals surface area contributed by atoms with Crippen LogP contribution in [0.2, 0.25) is 15.1 Å². The van der Waals surface area contributed by atoms with Gasteiger partial charge in [0.05, 0.1) is 22.3 Å². The summed E-state index contributed by atoms with van der Waals surface area (Å²) < 4.78 is 24.8. The molecule has 0 spiro atoms. The minimum Gasteiger partial charge on any atom is -0.490 e. The maximum atomic E-state index is 13.2. The fourth-order valence-electron chi connectivity index (χ4n) is 2.67. The molecule has 3 aromatic rings. The van der Waals surface area contributed by atoms with Crippen molar-refractivity contribution in [3.05, 3.63) is 86.6 Å². The van der Waals surface area contributed by atoms with E-state index in [1.807, 2.05) is 31.2 Å². The molecule has 0 fully saturated rings. The Bertz CT molecular complexity index is 998. The first-order valence-corrected chi connectivity index (χ1v) is 10.1. The van der Waals surface area contributed by atoms with Crippen molar-refractivity contribution in [1.82, 2.24) is 0 Å². The zero-order valence-electron chi connectivity index (χ0n) is 15.6. The van der Waals surface area contributed by atoms with Crippen LogP contribution in [0, 0.1) is 5.82 Å². The van der Waals surface area contributed by atoms with Gasteiger partial charge in [-0.1, -0.05) is 46.9 Å². The Labute approximate surface area is 184 Å². The summed E-state index contributed by atoms with van der Waals surface area (Å²) in [6.07, 6.45) is 0. The van der Waals surface area contributed by atoms with Crippen LogP contribution in [-0.4, -0.2) is 6.61 Å². The molecule has 0 amide bonds. The van der Waals surface area contributed by atoms with Gasteiger partial charge in [-0.3, -0.25) is 0 Å². The predicted octanol–water partition coefficient (Wildman–Crippen LogP) is 7.38. The van der Waals surface area contributed by atoms with Gasteiger partial charge in [-0.2, -0.15) is 0 Å². The first kappa shape index (κ1) is 21.6. The molecule has 152 valence electrons. The van der Waals surface area contributed by atoms with E-state index in [0.717, 1.165) is 11.3 Å². The van der Waals surface area contributed by atoms with Gasteiger partial charge < -0.3 is 14.8 Å². The lowest BCUT2D eigenvalue weighted by Gasteiger charge is -2.15. The molecule has 0 heterocycles. The molecule has 3 rings (SSSR count). The summed E-state index contributed by atoms with van der Waals surface area (Å²) in [5, 5.41) is 4.74. The number of hydrogen-bond donors (Lipinski definition) is 1. The van der Waals surface area contributed by atoms with Gasteiger partial charge in [-0.25, -0.2) is 4.39 Å². The van der Waals surface area contributed by atoms with Crippen LogP contribution in [0.3, 0.4) is 0 Å². The van der Waals surface area contributed by atoms with Crippen LogP contribution in [0.15, 0.2) is 54.6 Å². The molecule has 0 bridgehead atoms. The Kier molecular flexibility index (Phi) is 7.48. The number of anilines is 1. The smallest absolute Gasteiger partial charge is 0.161 e. The molecule has 7 heteroatoms. The maximum absolute atomic E-state index is 13.2. The molecule has 29 heavy (non-hydrogen) atoms. The lowest BCUT2D eigenvalue weighted by atomic mass is 10.2. The van der Waals surface area contributed by atoms with Crippen LogP contribution in [0.5, 0.6) is 11.5 Å². The highest BCUT2D eigenvalue weighted by Gasteiger charge is 2.10. The molecule has 3 nitrogen and oxygen atoms in total. The number of ether oxygens (including phenoxy) is 2. The van der Waals surface area contributed by atoms with Gasteiger partial charge in [-0.15, -0.1) is 0 Å². The predicted molar refractivity (Wildman–Crippen MR) is 117 cm³/mol. The lowest BCUT2D eigenvalue weighted by Crippen LogP contribution is -2.03. The average molecular weight is 455 g/mol. The summed E-state index contributed by atoms with van der Waals surface area (Å²) in [4.78, 5) is 0. The Balaban J connectivity index is 1.70. The van der Waals surface area contributed by atoms with E-state index in [0.29, 0.717) is 45.3 Å². The maximum Gasteiger partial charge on any atom is 0.161 e. The molecule has 0 saturated carbocycles. The van der Waals surface area contributed by atoms with Gasteiger partial charge in [0.1, 0.15) is 12.4 Å². The van der Waals surface area contributed by atoms with E-state index < -0.39 is 0 Å². The van der Waals surface area contributed by atoms with Crippen molar-refractivity contribution in [3.8, 4) is 11.5 Å². The zero-order chi connectivity index (χ0) is 20.8. The molecule has 0 aliphatic heterocycles. The Morgan fingerprint density at radius 3 is 2.41 bits per heavy atom. The molecular formula is C22H19Cl3FNO2. The number of benzene rings is 3. The lowest BCUT2D eigenvalue weighted by molar-refractivity contribution is 0.269. The van der Waals surface area contributed by atoms with E-state index in [2.05, 4.69) is 5.32 Å². The van der Waals surface area contributed by atoms with Gasteiger partial charge in [0, 0.05) is 17.1 Å². The third-order valence-electron chi connectivity index (χ3n) is 4.12. The van der Waals surface area contributed by atoms with Crippen molar-refractivity contribution in [2.45, 2.75) is 20.1 Å². The quantitative estimate of drug-likeness (QED) is 0.385. The van der Waals surface area contributed by atoms with Gasteiger partial charge in [0.2, 0.25) is 0 Å². The molecule has 0 aliphatic carbocycles. The Morgan fingerprint density at radius 2 is 1.69 bits per heavy atom. The fraction of sp³-hybridized carbons (Fsp3) is 0.182.